The van der Waals surface area contributed by atoms with E-state index in [0.717, 1.165) is 25.7 Å². The molecule has 0 spiro atoms. The van der Waals surface area contributed by atoms with Crippen molar-refractivity contribution in [3.63, 3.8) is 0 Å². The lowest BCUT2D eigenvalue weighted by Crippen LogP contribution is -2.55. The molecule has 1 aliphatic carbocycles. The van der Waals surface area contributed by atoms with Gasteiger partial charge in [0.25, 0.3) is 0 Å². The van der Waals surface area contributed by atoms with Crippen molar-refractivity contribution in [3.8, 4) is 0 Å². The number of nitrogens with one attached hydrogen (secondary N) is 1. The number of carboxylic acids is 1. The summed E-state index contributed by atoms with van der Waals surface area (Å²) in [6.45, 7) is 8.48. The Morgan fingerprint density at radius 2 is 2.25 bits per heavy atom. The number of likely N-dealkylation sites (N-methyl/N-ethyl adjacent to an activating group) is 1. The van der Waals surface area contributed by atoms with Crippen LogP contribution >= 0.6 is 0 Å². The van der Waals surface area contributed by atoms with E-state index in [2.05, 4.69) is 5.32 Å². The molecule has 3 atom stereocenters. The molecule has 0 amide bonds. The number of hydrogen-bond donors (Lipinski definition) is 2. The molecule has 1 rings (SSSR count). The van der Waals surface area contributed by atoms with Gasteiger partial charge in [-0.05, 0) is 45.6 Å². The van der Waals surface area contributed by atoms with Gasteiger partial charge < -0.3 is 19.9 Å². The van der Waals surface area contributed by atoms with Crippen LogP contribution in [0, 0.1) is 5.92 Å². The van der Waals surface area contributed by atoms with E-state index in [1.807, 2.05) is 20.8 Å². The summed E-state index contributed by atoms with van der Waals surface area (Å²) in [5.74, 6) is -0.566. The Bertz CT molecular complexity index is 298. The molecule has 2 N–H and O–H groups in total. The minimum atomic E-state index is -0.749. The zero-order valence-electron chi connectivity index (χ0n) is 13.0. The van der Waals surface area contributed by atoms with Crippen LogP contribution in [0.15, 0.2) is 0 Å². The molecule has 0 aromatic carbocycles. The molecule has 0 heterocycles. The third-order valence-electron chi connectivity index (χ3n) is 4.12. The summed E-state index contributed by atoms with van der Waals surface area (Å²) >= 11 is 0. The molecule has 3 unspecified atom stereocenters. The van der Waals surface area contributed by atoms with Crippen molar-refractivity contribution in [2.45, 2.75) is 58.1 Å². The maximum absolute atomic E-state index is 11.6. The first kappa shape index (κ1) is 17.4. The van der Waals surface area contributed by atoms with E-state index in [9.17, 15) is 9.90 Å². The molecule has 5 nitrogen and oxygen atoms in total. The fourth-order valence-electron chi connectivity index (χ4n) is 3.12. The Hall–Kier alpha value is -0.650. The largest absolute Gasteiger partial charge is 0.480 e. The van der Waals surface area contributed by atoms with Crippen molar-refractivity contribution in [2.75, 3.05) is 26.4 Å². The van der Waals surface area contributed by atoms with Gasteiger partial charge in [0.1, 0.15) is 5.54 Å². The maximum atomic E-state index is 11.6. The number of hydrogen-bond acceptors (Lipinski definition) is 4. The lowest BCUT2D eigenvalue weighted by atomic mass is 9.84. The van der Waals surface area contributed by atoms with Crippen LogP contribution in [0.5, 0.6) is 0 Å². The van der Waals surface area contributed by atoms with Gasteiger partial charge in [0.2, 0.25) is 0 Å². The molecular weight excluding hydrogens is 258 g/mol. The molecule has 1 fully saturated rings. The average Bonchev–Trinajstić information content (AvgIpc) is 2.81. The van der Waals surface area contributed by atoms with Gasteiger partial charge in [-0.3, -0.25) is 4.79 Å². The quantitative estimate of drug-likeness (QED) is 0.643. The second-order valence-electron chi connectivity index (χ2n) is 5.53. The van der Waals surface area contributed by atoms with E-state index >= 15 is 0 Å². The van der Waals surface area contributed by atoms with Gasteiger partial charge in [-0.1, -0.05) is 13.3 Å². The van der Waals surface area contributed by atoms with Crippen LogP contribution in [0.3, 0.4) is 0 Å². The molecule has 0 aromatic rings. The van der Waals surface area contributed by atoms with Crippen LogP contribution in [0.25, 0.3) is 0 Å². The standard InChI is InChI=1S/C15H29NO4/c1-4-16-15(14(17)18)9-6-7-13(15)8-10-20-12(3)11-19-5-2/h12-13,16H,4-11H2,1-3H3,(H,17,18). The van der Waals surface area contributed by atoms with Gasteiger partial charge in [-0.2, -0.15) is 0 Å². The lowest BCUT2D eigenvalue weighted by Gasteiger charge is -2.32. The molecular formula is C15H29NO4. The van der Waals surface area contributed by atoms with Crippen LogP contribution in [-0.4, -0.2) is 49.1 Å². The highest BCUT2D eigenvalue weighted by Gasteiger charge is 2.48. The molecule has 1 saturated carbocycles. The minimum absolute atomic E-state index is 0.0646. The fourth-order valence-corrected chi connectivity index (χ4v) is 3.12. The Morgan fingerprint density at radius 3 is 2.85 bits per heavy atom. The predicted octanol–water partition coefficient (Wildman–Crippen LogP) is 2.05. The van der Waals surface area contributed by atoms with E-state index in [1.165, 1.54) is 0 Å². The Labute approximate surface area is 122 Å². The van der Waals surface area contributed by atoms with Crippen LogP contribution in [-0.2, 0) is 14.3 Å². The zero-order valence-corrected chi connectivity index (χ0v) is 13.0. The van der Waals surface area contributed by atoms with Crippen LogP contribution in [0.2, 0.25) is 0 Å². The van der Waals surface area contributed by atoms with Crippen molar-refractivity contribution in [1.82, 2.24) is 5.32 Å². The Balaban J connectivity index is 2.43. The highest BCUT2D eigenvalue weighted by Crippen LogP contribution is 2.38. The second-order valence-corrected chi connectivity index (χ2v) is 5.53. The summed E-state index contributed by atoms with van der Waals surface area (Å²) in [7, 11) is 0. The number of rotatable bonds is 10. The van der Waals surface area contributed by atoms with Crippen molar-refractivity contribution < 1.29 is 19.4 Å². The van der Waals surface area contributed by atoms with E-state index < -0.39 is 11.5 Å². The summed E-state index contributed by atoms with van der Waals surface area (Å²) in [6, 6.07) is 0. The summed E-state index contributed by atoms with van der Waals surface area (Å²) in [6.07, 6.45) is 3.50. The number of carbonyl (C=O) groups is 1. The second kappa shape index (κ2) is 8.60. The summed E-state index contributed by atoms with van der Waals surface area (Å²) < 4.78 is 11.0. The van der Waals surface area contributed by atoms with E-state index in [0.29, 0.717) is 26.4 Å². The summed E-state index contributed by atoms with van der Waals surface area (Å²) in [4.78, 5) is 11.6. The SMILES string of the molecule is CCNC1(C(=O)O)CCCC1CCOC(C)COCC. The average molecular weight is 287 g/mol. The first-order valence-electron chi connectivity index (χ1n) is 7.74. The van der Waals surface area contributed by atoms with Crippen LogP contribution < -0.4 is 5.32 Å². The molecule has 5 heteroatoms. The van der Waals surface area contributed by atoms with Crippen molar-refractivity contribution >= 4 is 5.97 Å². The minimum Gasteiger partial charge on any atom is -0.480 e. The third-order valence-corrected chi connectivity index (χ3v) is 4.12. The topological polar surface area (TPSA) is 67.8 Å². The van der Waals surface area contributed by atoms with Gasteiger partial charge in [-0.15, -0.1) is 0 Å². The van der Waals surface area contributed by atoms with Gasteiger partial charge in [-0.25, -0.2) is 0 Å². The summed E-state index contributed by atoms with van der Waals surface area (Å²) in [5, 5.41) is 12.8. The summed E-state index contributed by atoms with van der Waals surface area (Å²) in [5.41, 5.74) is -0.749. The van der Waals surface area contributed by atoms with Crippen LogP contribution in [0.4, 0.5) is 0 Å². The first-order valence-corrected chi connectivity index (χ1v) is 7.74. The molecule has 118 valence electrons. The molecule has 20 heavy (non-hydrogen) atoms. The highest BCUT2D eigenvalue weighted by atomic mass is 16.5. The van der Waals surface area contributed by atoms with E-state index in [1.54, 1.807) is 0 Å². The van der Waals surface area contributed by atoms with Crippen molar-refractivity contribution in [3.05, 3.63) is 0 Å². The van der Waals surface area contributed by atoms with Crippen molar-refractivity contribution in [1.29, 1.82) is 0 Å². The third kappa shape index (κ3) is 4.43. The zero-order chi connectivity index (χ0) is 15.0. The highest BCUT2D eigenvalue weighted by molar-refractivity contribution is 5.79. The molecule has 0 saturated heterocycles. The van der Waals surface area contributed by atoms with Gasteiger partial charge in [0.05, 0.1) is 12.7 Å². The predicted molar refractivity (Wildman–Crippen MR) is 77.9 cm³/mol. The fraction of sp³-hybridized carbons (Fsp3) is 0.933. The van der Waals surface area contributed by atoms with Crippen LogP contribution in [0.1, 0.15) is 46.5 Å². The molecule has 0 aliphatic heterocycles. The lowest BCUT2D eigenvalue weighted by molar-refractivity contribution is -0.147. The first-order chi connectivity index (χ1) is 9.56. The maximum Gasteiger partial charge on any atom is 0.324 e. The van der Waals surface area contributed by atoms with Gasteiger partial charge in [0.15, 0.2) is 0 Å². The monoisotopic (exact) mass is 287 g/mol. The molecule has 1 aliphatic rings. The number of carboxylic acid groups (broad SMARTS) is 1. The smallest absolute Gasteiger partial charge is 0.324 e. The number of aliphatic carboxylic acids is 1. The Kier molecular flexibility index (Phi) is 7.48. The molecule has 0 radical (unpaired) electrons. The van der Waals surface area contributed by atoms with Gasteiger partial charge in [0, 0.05) is 13.2 Å². The molecule has 0 bridgehead atoms. The van der Waals surface area contributed by atoms with E-state index in [4.69, 9.17) is 9.47 Å². The Morgan fingerprint density at radius 1 is 1.50 bits per heavy atom. The van der Waals surface area contributed by atoms with Crippen molar-refractivity contribution in [2.24, 2.45) is 5.92 Å². The number of ether oxygens (including phenoxy) is 2. The molecule has 0 aromatic heterocycles. The normalized spacial score (nSPS) is 27.6. The van der Waals surface area contributed by atoms with E-state index in [-0.39, 0.29) is 12.0 Å². The van der Waals surface area contributed by atoms with Gasteiger partial charge >= 0.3 is 5.97 Å².